The van der Waals surface area contributed by atoms with Crippen molar-refractivity contribution in [2.75, 3.05) is 5.75 Å². The van der Waals surface area contributed by atoms with Gasteiger partial charge in [0.1, 0.15) is 11.6 Å². The van der Waals surface area contributed by atoms with Crippen molar-refractivity contribution in [1.29, 1.82) is 0 Å². The maximum atomic E-state index is 14.2. The molecule has 0 unspecified atom stereocenters. The van der Waals surface area contributed by atoms with Gasteiger partial charge in [-0.05, 0) is 36.8 Å². The van der Waals surface area contributed by atoms with Crippen LogP contribution >= 0.6 is 11.8 Å². The van der Waals surface area contributed by atoms with Crippen LogP contribution in [-0.4, -0.2) is 22.3 Å². The molecule has 0 saturated heterocycles. The standard InChI is InChI=1S/C22H20FNO3S/c1-16(25)18-9-10-21(20(23)12-18)28-15-22(26)24(14-19-8-5-11-27-19)13-17-6-3-2-4-7-17/h2-12H,13-15H2,1H3. The predicted octanol–water partition coefficient (Wildman–Crippen LogP) is 4.94. The summed E-state index contributed by atoms with van der Waals surface area (Å²) in [4.78, 5) is 26.2. The summed E-state index contributed by atoms with van der Waals surface area (Å²) in [5, 5.41) is 0. The van der Waals surface area contributed by atoms with Crippen LogP contribution < -0.4 is 0 Å². The number of ketones is 1. The third-order valence-corrected chi connectivity index (χ3v) is 5.22. The molecule has 144 valence electrons. The van der Waals surface area contributed by atoms with Crippen LogP contribution in [0.15, 0.2) is 76.2 Å². The van der Waals surface area contributed by atoms with E-state index in [1.54, 1.807) is 23.3 Å². The van der Waals surface area contributed by atoms with Crippen molar-refractivity contribution in [3.63, 3.8) is 0 Å². The second-order valence-electron chi connectivity index (χ2n) is 6.30. The first-order valence-electron chi connectivity index (χ1n) is 8.80. The molecule has 0 aliphatic carbocycles. The van der Waals surface area contributed by atoms with Crippen LogP contribution in [0.3, 0.4) is 0 Å². The lowest BCUT2D eigenvalue weighted by molar-refractivity contribution is -0.129. The van der Waals surface area contributed by atoms with E-state index in [1.165, 1.54) is 19.1 Å². The van der Waals surface area contributed by atoms with Crippen molar-refractivity contribution >= 4 is 23.5 Å². The Kier molecular flexibility index (Phi) is 6.66. The number of carbonyl (C=O) groups is 2. The summed E-state index contributed by atoms with van der Waals surface area (Å²) in [5.74, 6) is -0.0408. The van der Waals surface area contributed by atoms with E-state index in [9.17, 15) is 14.0 Å². The van der Waals surface area contributed by atoms with E-state index >= 15 is 0 Å². The maximum absolute atomic E-state index is 14.2. The molecule has 0 saturated carbocycles. The summed E-state index contributed by atoms with van der Waals surface area (Å²) in [5.41, 5.74) is 1.32. The molecular weight excluding hydrogens is 377 g/mol. The molecule has 0 aliphatic heterocycles. The van der Waals surface area contributed by atoms with Gasteiger partial charge in [-0.25, -0.2) is 4.39 Å². The Morgan fingerprint density at radius 3 is 2.46 bits per heavy atom. The largest absolute Gasteiger partial charge is 0.467 e. The van der Waals surface area contributed by atoms with Gasteiger partial charge in [0.15, 0.2) is 5.78 Å². The Bertz CT molecular complexity index is 942. The molecule has 1 aromatic heterocycles. The molecule has 0 N–H and O–H groups in total. The van der Waals surface area contributed by atoms with Gasteiger partial charge in [0.2, 0.25) is 5.91 Å². The fourth-order valence-corrected chi connectivity index (χ4v) is 3.52. The summed E-state index contributed by atoms with van der Waals surface area (Å²) in [7, 11) is 0. The minimum Gasteiger partial charge on any atom is -0.467 e. The zero-order valence-electron chi connectivity index (χ0n) is 15.4. The molecular formula is C22H20FNO3S. The highest BCUT2D eigenvalue weighted by molar-refractivity contribution is 8.00. The lowest BCUT2D eigenvalue weighted by atomic mass is 10.1. The van der Waals surface area contributed by atoms with Gasteiger partial charge >= 0.3 is 0 Å². The monoisotopic (exact) mass is 397 g/mol. The molecule has 0 bridgehead atoms. The van der Waals surface area contributed by atoms with Gasteiger partial charge in [-0.15, -0.1) is 11.8 Å². The summed E-state index contributed by atoms with van der Waals surface area (Å²) in [6, 6.07) is 17.6. The predicted molar refractivity (Wildman–Crippen MR) is 107 cm³/mol. The van der Waals surface area contributed by atoms with Crippen molar-refractivity contribution < 1.29 is 18.4 Å². The molecule has 3 aromatic rings. The molecule has 6 heteroatoms. The Labute approximate surface area is 167 Å². The number of rotatable bonds is 8. The summed E-state index contributed by atoms with van der Waals surface area (Å²) in [6.07, 6.45) is 1.57. The van der Waals surface area contributed by atoms with Gasteiger partial charge in [-0.3, -0.25) is 9.59 Å². The number of amides is 1. The van der Waals surface area contributed by atoms with E-state index in [0.29, 0.717) is 29.3 Å². The average molecular weight is 397 g/mol. The van der Waals surface area contributed by atoms with E-state index in [-0.39, 0.29) is 17.4 Å². The van der Waals surface area contributed by atoms with Gasteiger partial charge in [-0.1, -0.05) is 36.4 Å². The zero-order chi connectivity index (χ0) is 19.9. The summed E-state index contributed by atoms with van der Waals surface area (Å²) >= 11 is 1.12. The SMILES string of the molecule is CC(=O)c1ccc(SCC(=O)N(Cc2ccccc2)Cc2ccco2)c(F)c1. The quantitative estimate of drug-likeness (QED) is 0.399. The molecule has 0 spiro atoms. The summed E-state index contributed by atoms with van der Waals surface area (Å²) < 4.78 is 19.6. The van der Waals surface area contributed by atoms with Crippen LogP contribution in [-0.2, 0) is 17.9 Å². The molecule has 0 atom stereocenters. The lowest BCUT2D eigenvalue weighted by Gasteiger charge is -2.22. The number of benzene rings is 2. The summed E-state index contributed by atoms with van der Waals surface area (Å²) in [6.45, 7) is 2.17. The third kappa shape index (κ3) is 5.33. The van der Waals surface area contributed by atoms with E-state index in [4.69, 9.17) is 4.42 Å². The minimum atomic E-state index is -0.494. The maximum Gasteiger partial charge on any atom is 0.233 e. The zero-order valence-corrected chi connectivity index (χ0v) is 16.2. The topological polar surface area (TPSA) is 50.5 Å². The van der Waals surface area contributed by atoms with Crippen LogP contribution in [0.2, 0.25) is 0 Å². The van der Waals surface area contributed by atoms with Crippen LogP contribution in [0.5, 0.6) is 0 Å². The van der Waals surface area contributed by atoms with Gasteiger partial charge in [0.05, 0.1) is 18.6 Å². The van der Waals surface area contributed by atoms with Crippen LogP contribution in [0.1, 0.15) is 28.6 Å². The molecule has 3 rings (SSSR count). The van der Waals surface area contributed by atoms with Crippen molar-refractivity contribution in [1.82, 2.24) is 4.90 Å². The number of halogens is 1. The second kappa shape index (κ2) is 9.37. The molecule has 1 amide bonds. The minimum absolute atomic E-state index is 0.0872. The van der Waals surface area contributed by atoms with Gasteiger partial charge in [0, 0.05) is 17.0 Å². The van der Waals surface area contributed by atoms with Crippen molar-refractivity contribution in [2.24, 2.45) is 0 Å². The Balaban J connectivity index is 1.69. The van der Waals surface area contributed by atoms with Crippen molar-refractivity contribution in [3.05, 3.63) is 89.6 Å². The van der Waals surface area contributed by atoms with E-state index in [0.717, 1.165) is 17.3 Å². The van der Waals surface area contributed by atoms with Crippen LogP contribution in [0.4, 0.5) is 4.39 Å². The van der Waals surface area contributed by atoms with Crippen molar-refractivity contribution in [3.8, 4) is 0 Å². The molecule has 28 heavy (non-hydrogen) atoms. The first-order valence-corrected chi connectivity index (χ1v) is 9.79. The normalized spacial score (nSPS) is 10.6. The second-order valence-corrected chi connectivity index (χ2v) is 7.32. The van der Waals surface area contributed by atoms with E-state index in [1.807, 2.05) is 36.4 Å². The number of Topliss-reactive ketones (excluding diaryl/α,β-unsaturated/α-hetero) is 1. The van der Waals surface area contributed by atoms with E-state index < -0.39 is 5.82 Å². The lowest BCUT2D eigenvalue weighted by Crippen LogP contribution is -2.31. The molecule has 1 heterocycles. The smallest absolute Gasteiger partial charge is 0.233 e. The van der Waals surface area contributed by atoms with Gasteiger partial charge in [0.25, 0.3) is 0 Å². The molecule has 4 nitrogen and oxygen atoms in total. The molecule has 2 aromatic carbocycles. The highest BCUT2D eigenvalue weighted by Crippen LogP contribution is 2.24. The van der Waals surface area contributed by atoms with Crippen molar-refractivity contribution in [2.45, 2.75) is 24.9 Å². The molecule has 0 radical (unpaired) electrons. The fraction of sp³-hybridized carbons (Fsp3) is 0.182. The Hall–Kier alpha value is -2.86. The highest BCUT2D eigenvalue weighted by atomic mass is 32.2. The van der Waals surface area contributed by atoms with Crippen LogP contribution in [0, 0.1) is 5.82 Å². The Morgan fingerprint density at radius 1 is 1.04 bits per heavy atom. The van der Waals surface area contributed by atoms with Gasteiger partial charge in [-0.2, -0.15) is 0 Å². The number of thioether (sulfide) groups is 1. The van der Waals surface area contributed by atoms with Gasteiger partial charge < -0.3 is 9.32 Å². The third-order valence-electron chi connectivity index (χ3n) is 4.19. The number of carbonyl (C=O) groups excluding carboxylic acids is 2. The first kappa shape index (κ1) is 19.9. The number of nitrogens with zero attached hydrogens (tertiary/aromatic N) is 1. The first-order chi connectivity index (χ1) is 13.5. The van der Waals surface area contributed by atoms with Crippen LogP contribution in [0.25, 0.3) is 0 Å². The molecule has 0 fully saturated rings. The highest BCUT2D eigenvalue weighted by Gasteiger charge is 2.17. The number of hydrogen-bond donors (Lipinski definition) is 0. The Morgan fingerprint density at radius 2 is 1.82 bits per heavy atom. The molecule has 0 aliphatic rings. The average Bonchev–Trinajstić information content (AvgIpc) is 3.20. The number of hydrogen-bond acceptors (Lipinski definition) is 4. The number of furan rings is 1. The van der Waals surface area contributed by atoms with E-state index in [2.05, 4.69) is 0 Å². The fourth-order valence-electron chi connectivity index (χ4n) is 2.69.